The van der Waals surface area contributed by atoms with E-state index >= 15 is 0 Å². The summed E-state index contributed by atoms with van der Waals surface area (Å²) in [5, 5.41) is 2.12. The van der Waals surface area contributed by atoms with E-state index in [-0.39, 0.29) is 0 Å². The van der Waals surface area contributed by atoms with Crippen molar-refractivity contribution in [2.75, 3.05) is 5.33 Å². The van der Waals surface area contributed by atoms with Crippen LogP contribution in [0.2, 0.25) is 0 Å². The second-order valence-electron chi connectivity index (χ2n) is 2.19. The van der Waals surface area contributed by atoms with Crippen LogP contribution in [-0.4, -0.2) is 10.3 Å². The first-order chi connectivity index (χ1) is 5.33. The van der Waals surface area contributed by atoms with Crippen LogP contribution in [-0.2, 0) is 0 Å². The van der Waals surface area contributed by atoms with Gasteiger partial charge in [-0.3, -0.25) is 0 Å². The average Bonchev–Trinajstić information content (AvgIpc) is 2.37. The smallest absolute Gasteiger partial charge is 0.115 e. The zero-order valence-electron chi connectivity index (χ0n) is 6.38. The lowest BCUT2D eigenvalue weighted by Gasteiger charge is -1.81. The highest BCUT2D eigenvalue weighted by Crippen LogP contribution is 2.12. The van der Waals surface area contributed by atoms with Crippen molar-refractivity contribution in [2.24, 2.45) is 0 Å². The lowest BCUT2D eigenvalue weighted by molar-refractivity contribution is 1.27. The molecule has 3 heteroatoms. The molecule has 0 saturated heterocycles. The summed E-state index contributed by atoms with van der Waals surface area (Å²) in [5.74, 6) is 0. The number of thiazole rings is 1. The fraction of sp³-hybridized carbons (Fsp3) is 0.375. The number of allylic oxidation sites excluding steroid dienone is 1. The van der Waals surface area contributed by atoms with Crippen molar-refractivity contribution >= 4 is 33.3 Å². The van der Waals surface area contributed by atoms with E-state index in [1.54, 1.807) is 11.3 Å². The summed E-state index contributed by atoms with van der Waals surface area (Å²) in [4.78, 5) is 5.47. The highest BCUT2D eigenvalue weighted by Gasteiger charge is 1.90. The fourth-order valence-corrected chi connectivity index (χ4v) is 1.67. The van der Waals surface area contributed by atoms with E-state index in [0.717, 1.165) is 16.8 Å². The molecular formula is C8H10BrNS. The first-order valence-corrected chi connectivity index (χ1v) is 5.41. The second-order valence-corrected chi connectivity index (χ2v) is 4.25. The quantitative estimate of drug-likeness (QED) is 0.729. The Morgan fingerprint density at radius 1 is 1.73 bits per heavy atom. The molecule has 0 aliphatic heterocycles. The van der Waals surface area contributed by atoms with E-state index in [4.69, 9.17) is 0 Å². The molecule has 0 aliphatic rings. The highest BCUT2D eigenvalue weighted by atomic mass is 79.9. The Kier molecular flexibility index (Phi) is 3.80. The molecule has 0 aliphatic carbocycles. The molecule has 0 spiro atoms. The molecular weight excluding hydrogens is 222 g/mol. The highest BCUT2D eigenvalue weighted by molar-refractivity contribution is 9.09. The van der Waals surface area contributed by atoms with Crippen molar-refractivity contribution in [3.05, 3.63) is 22.2 Å². The minimum Gasteiger partial charge on any atom is -0.245 e. The Morgan fingerprint density at radius 2 is 2.55 bits per heavy atom. The molecule has 11 heavy (non-hydrogen) atoms. The van der Waals surface area contributed by atoms with Crippen LogP contribution in [0.15, 0.2) is 12.3 Å². The van der Waals surface area contributed by atoms with E-state index in [9.17, 15) is 0 Å². The number of hydrogen-bond donors (Lipinski definition) is 0. The third-order valence-corrected chi connectivity index (χ3v) is 2.51. The van der Waals surface area contributed by atoms with Gasteiger partial charge in [0.25, 0.3) is 0 Å². The molecule has 0 bridgehead atoms. The van der Waals surface area contributed by atoms with E-state index < -0.39 is 0 Å². The molecule has 0 fully saturated rings. The summed E-state index contributed by atoms with van der Waals surface area (Å²) < 4.78 is 0. The standard InChI is InChI=1S/C8H10BrNS/c1-7-6-10-8(11-7)4-2-3-5-9/h2,4,6H,3,5H2,1H3. The lowest BCUT2D eigenvalue weighted by Crippen LogP contribution is -1.67. The van der Waals surface area contributed by atoms with Gasteiger partial charge >= 0.3 is 0 Å². The lowest BCUT2D eigenvalue weighted by atomic mass is 10.4. The molecule has 0 aromatic carbocycles. The minimum atomic E-state index is 1.02. The van der Waals surface area contributed by atoms with Crippen LogP contribution in [0.4, 0.5) is 0 Å². The van der Waals surface area contributed by atoms with Gasteiger partial charge in [0.2, 0.25) is 0 Å². The summed E-state index contributed by atoms with van der Waals surface area (Å²) in [6.45, 7) is 2.07. The third-order valence-electron chi connectivity index (χ3n) is 1.18. The Balaban J connectivity index is 2.50. The van der Waals surface area contributed by atoms with Crippen molar-refractivity contribution < 1.29 is 0 Å². The van der Waals surface area contributed by atoms with Crippen LogP contribution in [0.1, 0.15) is 16.3 Å². The maximum absolute atomic E-state index is 4.20. The van der Waals surface area contributed by atoms with Crippen LogP contribution < -0.4 is 0 Å². The van der Waals surface area contributed by atoms with Crippen LogP contribution in [0.5, 0.6) is 0 Å². The number of halogens is 1. The zero-order chi connectivity index (χ0) is 8.10. The predicted molar refractivity (Wildman–Crippen MR) is 54.3 cm³/mol. The van der Waals surface area contributed by atoms with E-state index in [0.29, 0.717) is 0 Å². The van der Waals surface area contributed by atoms with Crippen LogP contribution in [0.3, 0.4) is 0 Å². The number of nitrogens with zero attached hydrogens (tertiary/aromatic N) is 1. The summed E-state index contributed by atoms with van der Waals surface area (Å²) in [6.07, 6.45) is 7.17. The number of alkyl halides is 1. The van der Waals surface area contributed by atoms with Crippen molar-refractivity contribution in [1.82, 2.24) is 4.98 Å². The number of aryl methyl sites for hydroxylation is 1. The second kappa shape index (κ2) is 4.67. The Bertz CT molecular complexity index is 242. The maximum Gasteiger partial charge on any atom is 0.115 e. The minimum absolute atomic E-state index is 1.02. The molecule has 0 atom stereocenters. The van der Waals surface area contributed by atoms with Crippen molar-refractivity contribution in [3.63, 3.8) is 0 Å². The molecule has 0 unspecified atom stereocenters. The monoisotopic (exact) mass is 231 g/mol. The van der Waals surface area contributed by atoms with Crippen LogP contribution >= 0.6 is 27.3 Å². The van der Waals surface area contributed by atoms with Gasteiger partial charge < -0.3 is 0 Å². The van der Waals surface area contributed by atoms with Gasteiger partial charge in [-0.15, -0.1) is 11.3 Å². The van der Waals surface area contributed by atoms with Gasteiger partial charge in [0.05, 0.1) is 0 Å². The van der Waals surface area contributed by atoms with E-state index in [1.165, 1.54) is 4.88 Å². The normalized spacial score (nSPS) is 11.1. The predicted octanol–water partition coefficient (Wildman–Crippen LogP) is 3.25. The Labute approximate surface area is 79.3 Å². The van der Waals surface area contributed by atoms with E-state index in [2.05, 4.69) is 40.0 Å². The summed E-state index contributed by atoms with van der Waals surface area (Å²) in [7, 11) is 0. The largest absolute Gasteiger partial charge is 0.245 e. The molecule has 60 valence electrons. The molecule has 0 N–H and O–H groups in total. The van der Waals surface area contributed by atoms with Crippen LogP contribution in [0.25, 0.3) is 6.08 Å². The van der Waals surface area contributed by atoms with Crippen molar-refractivity contribution in [1.29, 1.82) is 0 Å². The van der Waals surface area contributed by atoms with Gasteiger partial charge in [-0.2, -0.15) is 0 Å². The molecule has 0 radical (unpaired) electrons. The van der Waals surface area contributed by atoms with Gasteiger partial charge in [-0.25, -0.2) is 4.98 Å². The van der Waals surface area contributed by atoms with Gasteiger partial charge in [0.15, 0.2) is 0 Å². The van der Waals surface area contributed by atoms with E-state index in [1.807, 2.05) is 6.20 Å². The zero-order valence-corrected chi connectivity index (χ0v) is 8.78. The number of aromatic nitrogens is 1. The molecule has 1 aromatic rings. The SMILES string of the molecule is Cc1cnc(C=CCCBr)s1. The van der Waals surface area contributed by atoms with Gasteiger partial charge in [0.1, 0.15) is 5.01 Å². The summed E-state index contributed by atoms with van der Waals surface area (Å²) >= 11 is 5.08. The third kappa shape index (κ3) is 3.16. The first kappa shape index (κ1) is 8.94. The van der Waals surface area contributed by atoms with Gasteiger partial charge in [0, 0.05) is 16.4 Å². The topological polar surface area (TPSA) is 12.9 Å². The van der Waals surface area contributed by atoms with Gasteiger partial charge in [-0.1, -0.05) is 22.0 Å². The Hall–Kier alpha value is -0.150. The molecule has 1 rings (SSSR count). The molecule has 1 heterocycles. The maximum atomic E-state index is 4.20. The molecule has 0 amide bonds. The average molecular weight is 232 g/mol. The molecule has 1 aromatic heterocycles. The van der Waals surface area contributed by atoms with Crippen LogP contribution in [0, 0.1) is 6.92 Å². The fourth-order valence-electron chi connectivity index (χ4n) is 0.696. The molecule has 1 nitrogen and oxygen atoms in total. The summed E-state index contributed by atoms with van der Waals surface area (Å²) in [5.41, 5.74) is 0. The Morgan fingerprint density at radius 3 is 3.09 bits per heavy atom. The first-order valence-electron chi connectivity index (χ1n) is 3.48. The van der Waals surface area contributed by atoms with Crippen molar-refractivity contribution in [3.8, 4) is 0 Å². The van der Waals surface area contributed by atoms with Crippen molar-refractivity contribution in [2.45, 2.75) is 13.3 Å². The molecule has 0 saturated carbocycles. The summed E-state index contributed by atoms with van der Waals surface area (Å²) in [6, 6.07) is 0. The van der Waals surface area contributed by atoms with Gasteiger partial charge in [-0.05, 0) is 19.4 Å². The number of hydrogen-bond acceptors (Lipinski definition) is 2. The number of rotatable bonds is 3.